The number of benzene rings is 2. The van der Waals surface area contributed by atoms with Gasteiger partial charge in [-0.1, -0.05) is 12.1 Å². The molecule has 3 rings (SSSR count). The van der Waals surface area contributed by atoms with Gasteiger partial charge in [0.1, 0.15) is 17.5 Å². The smallest absolute Gasteiger partial charge is 0.254 e. The van der Waals surface area contributed by atoms with Gasteiger partial charge in [-0.05, 0) is 30.3 Å². The number of aromatic nitrogens is 2. The van der Waals surface area contributed by atoms with Crippen LogP contribution in [-0.4, -0.2) is 22.4 Å². The van der Waals surface area contributed by atoms with E-state index in [0.717, 1.165) is 35.1 Å². The summed E-state index contributed by atoms with van der Waals surface area (Å²) in [6.07, 6.45) is 0.470. The van der Waals surface area contributed by atoms with Gasteiger partial charge in [0.15, 0.2) is 0 Å². The summed E-state index contributed by atoms with van der Waals surface area (Å²) >= 11 is 0. The van der Waals surface area contributed by atoms with E-state index in [1.165, 1.54) is 0 Å². The van der Waals surface area contributed by atoms with Gasteiger partial charge in [-0.2, -0.15) is 0 Å². The number of aromatic amines is 1. The molecular weight excluding hydrogens is 288 g/mol. The molecule has 0 saturated heterocycles. The molecule has 2 N–H and O–H groups in total. The van der Waals surface area contributed by atoms with E-state index in [1.807, 2.05) is 24.3 Å². The van der Waals surface area contributed by atoms with Crippen LogP contribution in [0.4, 0.5) is 8.78 Å². The lowest BCUT2D eigenvalue weighted by molar-refractivity contribution is 0.0949. The number of hydrogen-bond donors (Lipinski definition) is 2. The first-order valence-corrected chi connectivity index (χ1v) is 6.80. The predicted octanol–water partition coefficient (Wildman–Crippen LogP) is 2.81. The highest BCUT2D eigenvalue weighted by atomic mass is 19.1. The van der Waals surface area contributed by atoms with Gasteiger partial charge in [-0.25, -0.2) is 13.8 Å². The van der Waals surface area contributed by atoms with E-state index < -0.39 is 17.5 Å². The molecule has 6 heteroatoms. The van der Waals surface area contributed by atoms with Gasteiger partial charge in [0.2, 0.25) is 0 Å². The van der Waals surface area contributed by atoms with Crippen LogP contribution in [0, 0.1) is 11.6 Å². The lowest BCUT2D eigenvalue weighted by atomic mass is 10.2. The Bertz CT molecular complexity index is 796. The van der Waals surface area contributed by atoms with Crippen molar-refractivity contribution in [3.05, 3.63) is 65.5 Å². The van der Waals surface area contributed by atoms with Gasteiger partial charge in [0.05, 0.1) is 16.6 Å². The van der Waals surface area contributed by atoms with Crippen LogP contribution >= 0.6 is 0 Å². The van der Waals surface area contributed by atoms with Crippen molar-refractivity contribution in [2.24, 2.45) is 0 Å². The number of nitrogens with zero attached hydrogens (tertiary/aromatic N) is 1. The van der Waals surface area contributed by atoms with Crippen molar-refractivity contribution in [3.8, 4) is 0 Å². The standard InChI is InChI=1S/C16H13F2N3O/c17-10-5-6-12(18)11(9-10)16(22)19-8-7-15-20-13-3-1-2-4-14(13)21-15/h1-6,9H,7-8H2,(H,19,22)(H,20,21). The van der Waals surface area contributed by atoms with E-state index in [0.29, 0.717) is 6.42 Å². The lowest BCUT2D eigenvalue weighted by Gasteiger charge is -2.05. The van der Waals surface area contributed by atoms with Crippen LogP contribution in [0.15, 0.2) is 42.5 Å². The van der Waals surface area contributed by atoms with Crippen molar-refractivity contribution in [1.29, 1.82) is 0 Å². The normalized spacial score (nSPS) is 10.8. The van der Waals surface area contributed by atoms with E-state index in [4.69, 9.17) is 0 Å². The van der Waals surface area contributed by atoms with Crippen LogP contribution in [0.1, 0.15) is 16.2 Å². The Kier molecular flexibility index (Phi) is 3.82. The largest absolute Gasteiger partial charge is 0.351 e. The van der Waals surface area contributed by atoms with Crippen LogP contribution < -0.4 is 5.32 Å². The summed E-state index contributed by atoms with van der Waals surface area (Å²) in [5.74, 6) is -1.32. The molecule has 22 heavy (non-hydrogen) atoms. The van der Waals surface area contributed by atoms with Gasteiger partial charge < -0.3 is 10.3 Å². The molecule has 1 aromatic heterocycles. The highest BCUT2D eigenvalue weighted by Gasteiger charge is 2.12. The zero-order valence-electron chi connectivity index (χ0n) is 11.6. The number of carbonyl (C=O) groups is 1. The monoisotopic (exact) mass is 301 g/mol. The van der Waals surface area contributed by atoms with Crippen molar-refractivity contribution in [3.63, 3.8) is 0 Å². The summed E-state index contributed by atoms with van der Waals surface area (Å²) < 4.78 is 26.5. The molecule has 0 radical (unpaired) electrons. The number of carbonyl (C=O) groups excluding carboxylic acids is 1. The number of halogens is 2. The van der Waals surface area contributed by atoms with E-state index in [9.17, 15) is 13.6 Å². The molecule has 4 nitrogen and oxygen atoms in total. The Balaban J connectivity index is 1.62. The number of imidazole rings is 1. The summed E-state index contributed by atoms with van der Waals surface area (Å²) in [6, 6.07) is 10.4. The number of nitrogens with one attached hydrogen (secondary N) is 2. The average Bonchev–Trinajstić information content (AvgIpc) is 2.92. The van der Waals surface area contributed by atoms with Crippen molar-refractivity contribution in [1.82, 2.24) is 15.3 Å². The highest BCUT2D eigenvalue weighted by molar-refractivity contribution is 5.94. The SMILES string of the molecule is O=C(NCCc1nc2ccccc2[nH]1)c1cc(F)ccc1F. The third-order valence-electron chi connectivity index (χ3n) is 3.26. The molecule has 1 amide bonds. The van der Waals surface area contributed by atoms with Gasteiger partial charge in [-0.15, -0.1) is 0 Å². The van der Waals surface area contributed by atoms with Crippen LogP contribution in [0.5, 0.6) is 0 Å². The maximum Gasteiger partial charge on any atom is 0.254 e. The average molecular weight is 301 g/mol. The molecule has 0 spiro atoms. The zero-order valence-corrected chi connectivity index (χ0v) is 11.6. The second-order valence-electron chi connectivity index (χ2n) is 4.83. The third-order valence-corrected chi connectivity index (χ3v) is 3.26. The molecule has 2 aromatic carbocycles. The fourth-order valence-corrected chi connectivity index (χ4v) is 2.19. The summed E-state index contributed by atoms with van der Waals surface area (Å²) in [6.45, 7) is 0.272. The number of amides is 1. The van der Waals surface area contributed by atoms with Crippen LogP contribution in [0.25, 0.3) is 11.0 Å². The molecule has 1 heterocycles. The number of fused-ring (bicyclic) bond motifs is 1. The van der Waals surface area contributed by atoms with Crippen LogP contribution in [0.2, 0.25) is 0 Å². The van der Waals surface area contributed by atoms with Gasteiger partial charge >= 0.3 is 0 Å². The third kappa shape index (κ3) is 2.95. The molecule has 0 unspecified atom stereocenters. The molecule has 0 fully saturated rings. The summed E-state index contributed by atoms with van der Waals surface area (Å²) in [7, 11) is 0. The van der Waals surface area contributed by atoms with Gasteiger partial charge in [0, 0.05) is 13.0 Å². The summed E-state index contributed by atoms with van der Waals surface area (Å²) in [5, 5.41) is 2.55. The van der Waals surface area contributed by atoms with Crippen molar-refractivity contribution in [2.75, 3.05) is 6.54 Å². The molecular formula is C16H13F2N3O. The first-order chi connectivity index (χ1) is 10.6. The van der Waals surface area contributed by atoms with Gasteiger partial charge in [0.25, 0.3) is 5.91 Å². The lowest BCUT2D eigenvalue weighted by Crippen LogP contribution is -2.26. The summed E-state index contributed by atoms with van der Waals surface area (Å²) in [4.78, 5) is 19.3. The number of hydrogen-bond acceptors (Lipinski definition) is 2. The minimum absolute atomic E-state index is 0.272. The van der Waals surface area contributed by atoms with E-state index >= 15 is 0 Å². The Morgan fingerprint density at radius 2 is 2.00 bits per heavy atom. The Labute approximate surface area is 125 Å². The second-order valence-corrected chi connectivity index (χ2v) is 4.83. The van der Waals surface area contributed by atoms with Crippen molar-refractivity contribution in [2.45, 2.75) is 6.42 Å². The quantitative estimate of drug-likeness (QED) is 0.778. The van der Waals surface area contributed by atoms with Crippen molar-refractivity contribution >= 4 is 16.9 Å². The maximum atomic E-state index is 13.5. The number of rotatable bonds is 4. The van der Waals surface area contributed by atoms with Crippen LogP contribution in [0.3, 0.4) is 0 Å². The minimum Gasteiger partial charge on any atom is -0.351 e. The van der Waals surface area contributed by atoms with E-state index in [1.54, 1.807) is 0 Å². The summed E-state index contributed by atoms with van der Waals surface area (Å²) in [5.41, 5.74) is 1.46. The molecule has 3 aromatic rings. The zero-order chi connectivity index (χ0) is 15.5. The minimum atomic E-state index is -0.748. The Morgan fingerprint density at radius 1 is 1.18 bits per heavy atom. The van der Waals surface area contributed by atoms with E-state index in [-0.39, 0.29) is 12.1 Å². The van der Waals surface area contributed by atoms with Gasteiger partial charge in [-0.3, -0.25) is 4.79 Å². The maximum absolute atomic E-state index is 13.5. The highest BCUT2D eigenvalue weighted by Crippen LogP contribution is 2.11. The molecule has 0 atom stereocenters. The first-order valence-electron chi connectivity index (χ1n) is 6.80. The topological polar surface area (TPSA) is 57.8 Å². The fraction of sp³-hybridized carbons (Fsp3) is 0.125. The van der Waals surface area contributed by atoms with Crippen LogP contribution in [-0.2, 0) is 6.42 Å². The molecule has 112 valence electrons. The Hall–Kier alpha value is -2.76. The van der Waals surface area contributed by atoms with E-state index in [2.05, 4.69) is 15.3 Å². The Morgan fingerprint density at radius 3 is 2.82 bits per heavy atom. The predicted molar refractivity (Wildman–Crippen MR) is 78.5 cm³/mol. The molecule has 0 bridgehead atoms. The molecule has 0 saturated carbocycles. The molecule has 0 aliphatic carbocycles. The molecule has 0 aliphatic rings. The second kappa shape index (κ2) is 5.93. The van der Waals surface area contributed by atoms with Crippen molar-refractivity contribution < 1.29 is 13.6 Å². The first kappa shape index (κ1) is 14.2. The fourth-order valence-electron chi connectivity index (χ4n) is 2.19. The molecule has 0 aliphatic heterocycles. The number of H-pyrrole nitrogens is 1. The number of para-hydroxylation sites is 2.